The van der Waals surface area contributed by atoms with Crippen molar-refractivity contribution < 1.29 is 0 Å². The number of nitrogens with zero attached hydrogens (tertiary/aromatic N) is 1. The summed E-state index contributed by atoms with van der Waals surface area (Å²) in [5, 5.41) is 3.64. The van der Waals surface area contributed by atoms with Crippen LogP contribution in [0.4, 0.5) is 0 Å². The van der Waals surface area contributed by atoms with Gasteiger partial charge >= 0.3 is 0 Å². The molecule has 0 saturated heterocycles. The normalized spacial score (nSPS) is 18.8. The van der Waals surface area contributed by atoms with E-state index in [-0.39, 0.29) is 0 Å². The number of rotatable bonds is 8. The molecule has 0 spiro atoms. The maximum absolute atomic E-state index is 3.64. The van der Waals surface area contributed by atoms with E-state index in [1.54, 1.807) is 0 Å². The van der Waals surface area contributed by atoms with Gasteiger partial charge in [0.05, 0.1) is 0 Å². The maximum Gasteiger partial charge on any atom is 0.0363 e. The molecular formula is C16H28N2. The molecule has 1 aliphatic rings. The predicted octanol–water partition coefficient (Wildman–Crippen LogP) is 3.98. The second-order valence-electron chi connectivity index (χ2n) is 5.91. The average molecular weight is 248 g/mol. The van der Waals surface area contributed by atoms with Crippen LogP contribution in [-0.4, -0.2) is 11.1 Å². The Morgan fingerprint density at radius 1 is 1.39 bits per heavy atom. The van der Waals surface area contributed by atoms with Crippen LogP contribution in [0.25, 0.3) is 0 Å². The zero-order chi connectivity index (χ0) is 13.0. The van der Waals surface area contributed by atoms with Crippen LogP contribution in [0.5, 0.6) is 0 Å². The zero-order valence-corrected chi connectivity index (χ0v) is 12.2. The third-order valence-electron chi connectivity index (χ3n) is 3.95. The molecule has 102 valence electrons. The van der Waals surface area contributed by atoms with Crippen LogP contribution in [0.1, 0.15) is 58.1 Å². The van der Waals surface area contributed by atoms with Crippen molar-refractivity contribution in [2.75, 3.05) is 6.54 Å². The molecule has 1 fully saturated rings. The molecule has 0 radical (unpaired) electrons. The van der Waals surface area contributed by atoms with Crippen molar-refractivity contribution in [2.24, 2.45) is 11.8 Å². The second kappa shape index (κ2) is 6.42. The smallest absolute Gasteiger partial charge is 0.0363 e. The molecule has 1 heterocycles. The molecule has 1 aromatic heterocycles. The first-order valence-electron chi connectivity index (χ1n) is 7.63. The van der Waals surface area contributed by atoms with Crippen molar-refractivity contribution in [2.45, 2.75) is 59.0 Å². The molecule has 2 nitrogen and oxygen atoms in total. The first-order valence-corrected chi connectivity index (χ1v) is 7.63. The lowest BCUT2D eigenvalue weighted by Crippen LogP contribution is -2.22. The lowest BCUT2D eigenvalue weighted by atomic mass is 10.1. The standard InChI is InChI=1S/C16H28N2/c1-4-6-13(3)11-18-10-9-15(12-18)16(17-5-2)14-7-8-14/h9-10,12-14,16-17H,4-8,11H2,1-3H3. The van der Waals surface area contributed by atoms with Crippen molar-refractivity contribution in [1.82, 2.24) is 9.88 Å². The molecule has 0 bridgehead atoms. The maximum atomic E-state index is 3.64. The first-order chi connectivity index (χ1) is 8.74. The molecule has 0 aliphatic heterocycles. The van der Waals surface area contributed by atoms with E-state index < -0.39 is 0 Å². The molecule has 2 rings (SSSR count). The minimum atomic E-state index is 0.595. The summed E-state index contributed by atoms with van der Waals surface area (Å²) >= 11 is 0. The van der Waals surface area contributed by atoms with Crippen molar-refractivity contribution in [3.63, 3.8) is 0 Å². The Morgan fingerprint density at radius 2 is 2.17 bits per heavy atom. The summed E-state index contributed by atoms with van der Waals surface area (Å²) in [5.41, 5.74) is 1.49. The third-order valence-corrected chi connectivity index (χ3v) is 3.95. The van der Waals surface area contributed by atoms with Crippen LogP contribution in [0.15, 0.2) is 18.5 Å². The van der Waals surface area contributed by atoms with Gasteiger partial charge in [-0.3, -0.25) is 0 Å². The summed E-state index contributed by atoms with van der Waals surface area (Å²) in [6.45, 7) is 9.06. The zero-order valence-electron chi connectivity index (χ0n) is 12.2. The summed E-state index contributed by atoms with van der Waals surface area (Å²) in [6, 6.07) is 2.90. The van der Waals surface area contributed by atoms with Crippen LogP contribution < -0.4 is 5.32 Å². The van der Waals surface area contributed by atoms with Crippen molar-refractivity contribution in [3.05, 3.63) is 24.0 Å². The fraction of sp³-hybridized carbons (Fsp3) is 0.750. The molecule has 0 aromatic carbocycles. The molecule has 1 N–H and O–H groups in total. The Labute approximate surface area is 112 Å². The van der Waals surface area contributed by atoms with E-state index in [0.717, 1.165) is 24.9 Å². The van der Waals surface area contributed by atoms with E-state index in [1.807, 2.05) is 0 Å². The van der Waals surface area contributed by atoms with Gasteiger partial charge in [0.2, 0.25) is 0 Å². The largest absolute Gasteiger partial charge is 0.354 e. The molecule has 2 unspecified atom stereocenters. The molecule has 0 amide bonds. The number of hydrogen-bond acceptors (Lipinski definition) is 1. The highest BCUT2D eigenvalue weighted by atomic mass is 15.0. The van der Waals surface area contributed by atoms with Crippen LogP contribution in [0, 0.1) is 11.8 Å². The summed E-state index contributed by atoms with van der Waals surface area (Å²) in [6.07, 6.45) is 10.0. The number of nitrogens with one attached hydrogen (secondary N) is 1. The van der Waals surface area contributed by atoms with E-state index in [4.69, 9.17) is 0 Å². The molecule has 18 heavy (non-hydrogen) atoms. The highest BCUT2D eigenvalue weighted by Gasteiger charge is 2.31. The fourth-order valence-electron chi connectivity index (χ4n) is 2.91. The third kappa shape index (κ3) is 3.61. The van der Waals surface area contributed by atoms with Gasteiger partial charge in [-0.1, -0.05) is 27.2 Å². The van der Waals surface area contributed by atoms with Gasteiger partial charge in [0.1, 0.15) is 0 Å². The summed E-state index contributed by atoms with van der Waals surface area (Å²) in [4.78, 5) is 0. The van der Waals surface area contributed by atoms with E-state index in [0.29, 0.717) is 6.04 Å². The van der Waals surface area contributed by atoms with Gasteiger partial charge in [0.25, 0.3) is 0 Å². The SMILES string of the molecule is CCCC(C)Cn1ccc(C(NCC)C2CC2)c1. The minimum absolute atomic E-state index is 0.595. The topological polar surface area (TPSA) is 17.0 Å². The molecule has 1 aliphatic carbocycles. The van der Waals surface area contributed by atoms with Crippen molar-refractivity contribution in [1.29, 1.82) is 0 Å². The summed E-state index contributed by atoms with van der Waals surface area (Å²) < 4.78 is 2.38. The van der Waals surface area contributed by atoms with Crippen LogP contribution >= 0.6 is 0 Å². The fourth-order valence-corrected chi connectivity index (χ4v) is 2.91. The van der Waals surface area contributed by atoms with Crippen molar-refractivity contribution >= 4 is 0 Å². The number of aromatic nitrogens is 1. The molecule has 1 aromatic rings. The van der Waals surface area contributed by atoms with Gasteiger partial charge in [-0.05, 0) is 49.3 Å². The lowest BCUT2D eigenvalue weighted by molar-refractivity contribution is 0.444. The second-order valence-corrected chi connectivity index (χ2v) is 5.91. The molecular weight excluding hydrogens is 220 g/mol. The van der Waals surface area contributed by atoms with E-state index in [1.165, 1.54) is 31.2 Å². The summed E-state index contributed by atoms with van der Waals surface area (Å²) in [5.74, 6) is 1.67. The molecule has 1 saturated carbocycles. The van der Waals surface area contributed by atoms with Gasteiger partial charge in [-0.2, -0.15) is 0 Å². The van der Waals surface area contributed by atoms with Crippen molar-refractivity contribution in [3.8, 4) is 0 Å². The molecule has 2 heteroatoms. The van der Waals surface area contributed by atoms with Gasteiger partial charge in [0.15, 0.2) is 0 Å². The molecule has 2 atom stereocenters. The van der Waals surface area contributed by atoms with Gasteiger partial charge in [-0.25, -0.2) is 0 Å². The highest BCUT2D eigenvalue weighted by molar-refractivity contribution is 5.18. The lowest BCUT2D eigenvalue weighted by Gasteiger charge is -2.16. The monoisotopic (exact) mass is 248 g/mol. The Hall–Kier alpha value is -0.760. The minimum Gasteiger partial charge on any atom is -0.354 e. The Balaban J connectivity index is 1.95. The van der Waals surface area contributed by atoms with Gasteiger partial charge < -0.3 is 9.88 Å². The Bertz CT molecular complexity index is 352. The van der Waals surface area contributed by atoms with Gasteiger partial charge in [-0.15, -0.1) is 0 Å². The van der Waals surface area contributed by atoms with Gasteiger partial charge in [0, 0.05) is 25.0 Å². The van der Waals surface area contributed by atoms with E-state index >= 15 is 0 Å². The average Bonchev–Trinajstić information content (AvgIpc) is 3.07. The Morgan fingerprint density at radius 3 is 2.78 bits per heavy atom. The van der Waals surface area contributed by atoms with E-state index in [9.17, 15) is 0 Å². The van der Waals surface area contributed by atoms with Crippen LogP contribution in [-0.2, 0) is 6.54 Å². The van der Waals surface area contributed by atoms with Crippen LogP contribution in [0.3, 0.4) is 0 Å². The highest BCUT2D eigenvalue weighted by Crippen LogP contribution is 2.41. The quantitative estimate of drug-likeness (QED) is 0.736. The predicted molar refractivity (Wildman–Crippen MR) is 77.6 cm³/mol. The van der Waals surface area contributed by atoms with E-state index in [2.05, 4.69) is 49.1 Å². The van der Waals surface area contributed by atoms with Crippen LogP contribution in [0.2, 0.25) is 0 Å². The first kappa shape index (κ1) is 13.7. The Kier molecular flexibility index (Phi) is 4.87. The summed E-state index contributed by atoms with van der Waals surface area (Å²) in [7, 11) is 0. The number of hydrogen-bond donors (Lipinski definition) is 1.